The fraction of sp³-hybridized carbons (Fsp3) is 0.750. The van der Waals surface area contributed by atoms with Crippen LogP contribution in [-0.2, 0) is 9.59 Å². The van der Waals surface area contributed by atoms with Crippen LogP contribution in [0.1, 0.15) is 40.0 Å². The van der Waals surface area contributed by atoms with Crippen LogP contribution in [0.5, 0.6) is 0 Å². The Morgan fingerprint density at radius 2 is 1.89 bits per heavy atom. The maximum Gasteiger partial charge on any atom is 0.315 e. The van der Waals surface area contributed by atoms with E-state index in [-0.39, 0.29) is 25.3 Å². The number of urea groups is 1. The van der Waals surface area contributed by atoms with Gasteiger partial charge in [-0.25, -0.2) is 4.79 Å². The first kappa shape index (κ1) is 17.2. The van der Waals surface area contributed by atoms with Crippen molar-refractivity contribution in [2.75, 3.05) is 6.54 Å². The van der Waals surface area contributed by atoms with Gasteiger partial charge in [0.2, 0.25) is 5.91 Å². The zero-order valence-electron chi connectivity index (χ0n) is 11.7. The maximum atomic E-state index is 11.6. The minimum Gasteiger partial charge on any atom is -0.481 e. The molecule has 1 unspecified atom stereocenters. The van der Waals surface area contributed by atoms with Crippen LogP contribution in [0.2, 0.25) is 0 Å². The molecule has 0 radical (unpaired) electrons. The third-order valence-electron chi connectivity index (χ3n) is 2.66. The van der Waals surface area contributed by atoms with Crippen LogP contribution >= 0.6 is 0 Å². The van der Waals surface area contributed by atoms with Gasteiger partial charge in [0.05, 0.1) is 0 Å². The first-order valence-corrected chi connectivity index (χ1v) is 6.22. The number of carboxylic acids is 1. The molecule has 0 aromatic rings. The van der Waals surface area contributed by atoms with E-state index in [1.165, 1.54) is 0 Å². The predicted octanol–water partition coefficient (Wildman–Crippen LogP) is 0.441. The summed E-state index contributed by atoms with van der Waals surface area (Å²) in [6, 6.07) is -0.435. The van der Waals surface area contributed by atoms with Crippen LogP contribution in [0.15, 0.2) is 0 Å². The zero-order valence-corrected chi connectivity index (χ0v) is 11.7. The lowest BCUT2D eigenvalue weighted by Crippen LogP contribution is -2.50. The molecule has 7 heteroatoms. The van der Waals surface area contributed by atoms with E-state index in [1.807, 2.05) is 6.92 Å². The van der Waals surface area contributed by atoms with Gasteiger partial charge >= 0.3 is 12.0 Å². The average Bonchev–Trinajstić information content (AvgIpc) is 2.20. The molecule has 0 bridgehead atoms. The van der Waals surface area contributed by atoms with Crippen molar-refractivity contribution in [2.45, 2.75) is 45.6 Å². The van der Waals surface area contributed by atoms with Crippen LogP contribution in [0.4, 0.5) is 4.79 Å². The molecule has 0 fully saturated rings. The minimum atomic E-state index is -0.886. The summed E-state index contributed by atoms with van der Waals surface area (Å²) in [6.07, 6.45) is 0.714. The third kappa shape index (κ3) is 8.87. The summed E-state index contributed by atoms with van der Waals surface area (Å²) < 4.78 is 0. The molecular weight excluding hydrogens is 250 g/mol. The molecule has 0 aliphatic heterocycles. The van der Waals surface area contributed by atoms with E-state index in [1.54, 1.807) is 13.8 Å². The Morgan fingerprint density at radius 1 is 1.32 bits per heavy atom. The lowest BCUT2D eigenvalue weighted by molar-refractivity contribution is -0.138. The highest BCUT2D eigenvalue weighted by Crippen LogP contribution is 2.08. The molecular formula is C12H23N3O4. The van der Waals surface area contributed by atoms with E-state index in [9.17, 15) is 14.4 Å². The van der Waals surface area contributed by atoms with Gasteiger partial charge in [-0.2, -0.15) is 0 Å². The van der Waals surface area contributed by atoms with Crippen LogP contribution in [0.25, 0.3) is 0 Å². The summed E-state index contributed by atoms with van der Waals surface area (Å²) in [5.74, 6) is -1.49. The smallest absolute Gasteiger partial charge is 0.315 e. The predicted molar refractivity (Wildman–Crippen MR) is 70.5 cm³/mol. The van der Waals surface area contributed by atoms with Crippen molar-refractivity contribution in [3.8, 4) is 0 Å². The number of amides is 3. The third-order valence-corrected chi connectivity index (χ3v) is 2.66. The molecule has 0 rings (SSSR count). The first-order valence-electron chi connectivity index (χ1n) is 6.22. The molecule has 0 aromatic heterocycles. The molecule has 110 valence electrons. The quantitative estimate of drug-likeness (QED) is 0.512. The first-order chi connectivity index (χ1) is 8.66. The van der Waals surface area contributed by atoms with Crippen LogP contribution in [0, 0.1) is 5.92 Å². The van der Waals surface area contributed by atoms with Crippen molar-refractivity contribution < 1.29 is 19.5 Å². The lowest BCUT2D eigenvalue weighted by Gasteiger charge is -2.25. The minimum absolute atomic E-state index is 0.0153. The van der Waals surface area contributed by atoms with Gasteiger partial charge in [0.25, 0.3) is 0 Å². The molecule has 0 heterocycles. The van der Waals surface area contributed by atoms with E-state index in [2.05, 4.69) is 10.6 Å². The number of carboxylic acid groups (broad SMARTS) is 1. The van der Waals surface area contributed by atoms with Gasteiger partial charge in [-0.1, -0.05) is 13.3 Å². The van der Waals surface area contributed by atoms with E-state index in [0.717, 1.165) is 0 Å². The number of rotatable bonds is 8. The SMILES string of the molecule is CCC(CNC(=O)NC(C)(C)CC(N)=O)CC(=O)O. The fourth-order valence-corrected chi connectivity index (χ4v) is 1.68. The summed E-state index contributed by atoms with van der Waals surface area (Å²) in [5.41, 5.74) is 4.35. The van der Waals surface area contributed by atoms with Gasteiger partial charge in [-0.3, -0.25) is 9.59 Å². The van der Waals surface area contributed by atoms with Crippen LogP contribution < -0.4 is 16.4 Å². The van der Waals surface area contributed by atoms with Crippen molar-refractivity contribution in [1.82, 2.24) is 10.6 Å². The number of hydrogen-bond acceptors (Lipinski definition) is 3. The molecule has 0 aromatic carbocycles. The van der Waals surface area contributed by atoms with Gasteiger partial charge in [-0.05, 0) is 19.8 Å². The summed E-state index contributed by atoms with van der Waals surface area (Å²) in [7, 11) is 0. The number of hydrogen-bond donors (Lipinski definition) is 4. The van der Waals surface area contributed by atoms with Gasteiger partial charge < -0.3 is 21.5 Å². The van der Waals surface area contributed by atoms with E-state index < -0.39 is 23.4 Å². The molecule has 0 spiro atoms. The van der Waals surface area contributed by atoms with Crippen LogP contribution in [-0.4, -0.2) is 35.1 Å². The summed E-state index contributed by atoms with van der Waals surface area (Å²) in [4.78, 5) is 33.0. The standard InChI is InChI=1S/C12H23N3O4/c1-4-8(5-10(17)18)7-14-11(19)15-12(2,3)6-9(13)16/h8H,4-7H2,1-3H3,(H2,13,16)(H,17,18)(H2,14,15,19). The van der Waals surface area contributed by atoms with Gasteiger partial charge in [0.1, 0.15) is 0 Å². The summed E-state index contributed by atoms with van der Waals surface area (Å²) in [6.45, 7) is 5.52. The number of nitrogens with two attached hydrogens (primary N) is 1. The Kier molecular flexibility index (Phi) is 6.89. The topological polar surface area (TPSA) is 122 Å². The highest BCUT2D eigenvalue weighted by Gasteiger charge is 2.23. The van der Waals surface area contributed by atoms with Crippen molar-refractivity contribution in [3.05, 3.63) is 0 Å². The Labute approximate surface area is 112 Å². The number of carbonyl (C=O) groups is 3. The Balaban J connectivity index is 4.16. The lowest BCUT2D eigenvalue weighted by atomic mass is 10.0. The second-order valence-electron chi connectivity index (χ2n) is 5.23. The van der Waals surface area contributed by atoms with Gasteiger partial charge in [0, 0.05) is 24.9 Å². The molecule has 1 atom stereocenters. The van der Waals surface area contributed by atoms with Crippen molar-refractivity contribution in [3.63, 3.8) is 0 Å². The highest BCUT2D eigenvalue weighted by molar-refractivity contribution is 5.78. The number of carbonyl (C=O) groups excluding carboxylic acids is 2. The zero-order chi connectivity index (χ0) is 15.1. The van der Waals surface area contributed by atoms with E-state index in [4.69, 9.17) is 10.8 Å². The normalized spacial score (nSPS) is 12.6. The summed E-state index contributed by atoms with van der Waals surface area (Å²) in [5, 5.41) is 13.9. The Morgan fingerprint density at radius 3 is 2.32 bits per heavy atom. The second kappa shape index (κ2) is 7.60. The summed E-state index contributed by atoms with van der Waals surface area (Å²) >= 11 is 0. The van der Waals surface area contributed by atoms with Gasteiger partial charge in [0.15, 0.2) is 0 Å². The maximum absolute atomic E-state index is 11.6. The van der Waals surface area contributed by atoms with Gasteiger partial charge in [-0.15, -0.1) is 0 Å². The Hall–Kier alpha value is -1.79. The second-order valence-corrected chi connectivity index (χ2v) is 5.23. The van der Waals surface area contributed by atoms with E-state index in [0.29, 0.717) is 6.42 Å². The average molecular weight is 273 g/mol. The largest absolute Gasteiger partial charge is 0.481 e. The molecule has 19 heavy (non-hydrogen) atoms. The number of primary amides is 1. The highest BCUT2D eigenvalue weighted by atomic mass is 16.4. The molecule has 7 nitrogen and oxygen atoms in total. The molecule has 5 N–H and O–H groups in total. The number of aliphatic carboxylic acids is 1. The van der Waals surface area contributed by atoms with E-state index >= 15 is 0 Å². The van der Waals surface area contributed by atoms with Crippen molar-refractivity contribution in [2.24, 2.45) is 11.7 Å². The van der Waals surface area contributed by atoms with Crippen LogP contribution in [0.3, 0.4) is 0 Å². The van der Waals surface area contributed by atoms with Crippen molar-refractivity contribution >= 4 is 17.9 Å². The fourth-order valence-electron chi connectivity index (χ4n) is 1.68. The molecule has 0 saturated heterocycles. The Bertz CT molecular complexity index is 342. The monoisotopic (exact) mass is 273 g/mol. The molecule has 0 saturated carbocycles. The molecule has 0 aliphatic rings. The molecule has 0 aliphatic carbocycles. The van der Waals surface area contributed by atoms with Crippen molar-refractivity contribution in [1.29, 1.82) is 0 Å². The molecule has 3 amide bonds. The number of nitrogens with one attached hydrogen (secondary N) is 2.